The van der Waals surface area contributed by atoms with Crippen LogP contribution in [0.4, 0.5) is 5.69 Å². The quantitative estimate of drug-likeness (QED) is 0.0385. The van der Waals surface area contributed by atoms with E-state index in [2.05, 4.69) is 0 Å². The summed E-state index contributed by atoms with van der Waals surface area (Å²) in [6, 6.07) is 19.6. The molecule has 2 unspecified atom stereocenters. The van der Waals surface area contributed by atoms with E-state index in [-0.39, 0.29) is 35.6 Å². The van der Waals surface area contributed by atoms with Gasteiger partial charge in [-0.3, -0.25) is 29.0 Å². The van der Waals surface area contributed by atoms with E-state index in [0.29, 0.717) is 79.2 Å². The van der Waals surface area contributed by atoms with Gasteiger partial charge in [-0.1, -0.05) is 24.3 Å². The summed E-state index contributed by atoms with van der Waals surface area (Å²) in [7, 11) is 1.09. The molecule has 6 aromatic rings. The normalized spacial score (nSPS) is 15.4. The minimum absolute atomic E-state index is 0.0826. The molecule has 0 saturated carbocycles. The highest BCUT2D eigenvalue weighted by atomic mass is 32.2. The summed E-state index contributed by atoms with van der Waals surface area (Å²) in [5, 5.41) is 5.67. The Morgan fingerprint density at radius 1 is 0.548 bits per heavy atom. The highest BCUT2D eigenvalue weighted by Crippen LogP contribution is 2.46. The molecule has 0 radical (unpaired) electrons. The smallest absolute Gasteiger partial charge is 0.265 e. The van der Waals surface area contributed by atoms with E-state index in [0.717, 1.165) is 37.2 Å². The second-order valence-corrected chi connectivity index (χ2v) is 17.9. The van der Waals surface area contributed by atoms with Gasteiger partial charge in [0, 0.05) is 74.0 Å². The highest BCUT2D eigenvalue weighted by Gasteiger charge is 2.39. The maximum Gasteiger partial charge on any atom is 0.265 e. The number of amides is 4. The lowest BCUT2D eigenvalue weighted by Crippen LogP contribution is -2.48. The minimum atomic E-state index is -3.70. The van der Waals surface area contributed by atoms with Gasteiger partial charge >= 0.3 is 0 Å². The van der Waals surface area contributed by atoms with E-state index in [1.165, 1.54) is 29.2 Å². The lowest BCUT2D eigenvalue weighted by atomic mass is 9.82. The van der Waals surface area contributed by atoms with Crippen molar-refractivity contribution >= 4 is 82.2 Å². The number of sulfone groups is 1. The Balaban J connectivity index is 1.09. The molecule has 62 heavy (non-hydrogen) atoms. The van der Waals surface area contributed by atoms with Gasteiger partial charge in [0.1, 0.15) is 0 Å². The predicted molar refractivity (Wildman–Crippen MR) is 236 cm³/mol. The third-order valence-electron chi connectivity index (χ3n) is 11.9. The number of rotatable bonds is 20. The van der Waals surface area contributed by atoms with E-state index < -0.39 is 39.5 Å². The van der Waals surface area contributed by atoms with Gasteiger partial charge in [-0.25, -0.2) is 13.3 Å². The zero-order valence-corrected chi connectivity index (χ0v) is 36.2. The van der Waals surface area contributed by atoms with Crippen LogP contribution in [0.2, 0.25) is 0 Å². The number of nitrogens with zero attached hydrogens (tertiary/aromatic N) is 3. The van der Waals surface area contributed by atoms with Crippen LogP contribution in [0.3, 0.4) is 0 Å². The lowest BCUT2D eigenvalue weighted by Gasteiger charge is -2.33. The van der Waals surface area contributed by atoms with Crippen molar-refractivity contribution in [1.29, 1.82) is 0 Å². The van der Waals surface area contributed by atoms with E-state index in [1.54, 1.807) is 52.5 Å². The van der Waals surface area contributed by atoms with Crippen LogP contribution in [0.25, 0.3) is 43.1 Å². The first kappa shape index (κ1) is 43.3. The number of carbonyl (C=O) groups is 4. The first-order valence-corrected chi connectivity index (χ1v) is 22.2. The molecule has 2 heterocycles. The van der Waals surface area contributed by atoms with Gasteiger partial charge < -0.3 is 23.7 Å². The molecule has 2 aliphatic heterocycles. The van der Waals surface area contributed by atoms with E-state index in [9.17, 15) is 27.6 Å². The van der Waals surface area contributed by atoms with Crippen LogP contribution >= 0.6 is 0 Å². The zero-order valence-electron chi connectivity index (χ0n) is 35.4. The number of hydrogen-bond donors (Lipinski definition) is 0. The van der Waals surface area contributed by atoms with Crippen molar-refractivity contribution in [3.8, 4) is 0 Å². The van der Waals surface area contributed by atoms with Crippen molar-refractivity contribution in [3.63, 3.8) is 0 Å². The van der Waals surface area contributed by atoms with E-state index in [4.69, 9.17) is 23.7 Å². The number of fused-ring (bicyclic) bond motifs is 2. The Morgan fingerprint density at radius 2 is 1.02 bits per heavy atom. The number of imide groups is 2. The molecule has 0 N–H and O–H groups in total. The number of ether oxygens (including phenoxy) is 5. The highest BCUT2D eigenvalue weighted by molar-refractivity contribution is 7.91. The fourth-order valence-electron chi connectivity index (χ4n) is 8.69. The molecular formula is C47H49N3O11S. The minimum Gasteiger partial charge on any atom is -0.383 e. The first-order chi connectivity index (χ1) is 29.9. The Bertz CT molecular complexity index is 2700. The molecule has 15 heteroatoms. The van der Waals surface area contributed by atoms with Gasteiger partial charge in [0.25, 0.3) is 23.6 Å². The van der Waals surface area contributed by atoms with Gasteiger partial charge in [-0.05, 0) is 94.7 Å². The average Bonchev–Trinajstić information content (AvgIpc) is 3.27. The Labute approximate surface area is 359 Å². The molecule has 0 fully saturated rings. The SMILES string of the molecule is COCCOCC(C)OCC(C)N1C(=O)c2ccc3c4ccc5c6c(ccc(c7ccc(c2c37)C1=O)c64)C(=O)N(c1ccc(S(=O)(=O)CCN(CCOC)CCOC)cc1)C5=O. The molecule has 0 bridgehead atoms. The summed E-state index contributed by atoms with van der Waals surface area (Å²) >= 11 is 0. The Hall–Kier alpha value is -5.39. The van der Waals surface area contributed by atoms with Crippen molar-refractivity contribution in [2.45, 2.75) is 30.9 Å². The summed E-state index contributed by atoms with van der Waals surface area (Å²) in [5.41, 5.74) is 1.71. The standard InChI is InChI=1S/C47H49N3O11S/c1-28(26-61-29(2)27-60-24-23-59-5)49-44(51)36-14-10-32-34-12-16-38-43-39(17-13-35(41(34)43)33-11-15-37(45(49)52)42(36)40(32)33)47(54)50(46(38)53)30-6-8-31(9-7-30)62(55,56)25-20-48(18-21-57-3)19-22-58-4/h6-17,28-29H,18-27H2,1-5H3. The molecule has 0 spiro atoms. The molecule has 2 aliphatic rings. The third kappa shape index (κ3) is 7.61. The van der Waals surface area contributed by atoms with Gasteiger partial charge in [0.2, 0.25) is 0 Å². The number of hydrogen-bond acceptors (Lipinski definition) is 12. The van der Waals surface area contributed by atoms with Crippen molar-refractivity contribution in [1.82, 2.24) is 9.80 Å². The van der Waals surface area contributed by atoms with Crippen molar-refractivity contribution in [2.24, 2.45) is 0 Å². The molecule has 2 atom stereocenters. The van der Waals surface area contributed by atoms with Crippen LogP contribution in [-0.2, 0) is 33.5 Å². The molecule has 0 aliphatic carbocycles. The third-order valence-corrected chi connectivity index (χ3v) is 13.6. The summed E-state index contributed by atoms with van der Waals surface area (Å²) < 4.78 is 53.7. The fourth-order valence-corrected chi connectivity index (χ4v) is 9.97. The van der Waals surface area contributed by atoms with E-state index in [1.807, 2.05) is 36.1 Å². The molecule has 0 saturated heterocycles. The van der Waals surface area contributed by atoms with Crippen LogP contribution in [-0.4, -0.2) is 140 Å². The summed E-state index contributed by atoms with van der Waals surface area (Å²) in [6.07, 6.45) is -0.260. The van der Waals surface area contributed by atoms with Crippen LogP contribution in [0.1, 0.15) is 55.3 Å². The van der Waals surface area contributed by atoms with Gasteiger partial charge in [0.15, 0.2) is 9.84 Å². The van der Waals surface area contributed by atoms with Gasteiger partial charge in [-0.2, -0.15) is 0 Å². The maximum atomic E-state index is 14.3. The Kier molecular flexibility index (Phi) is 12.4. The van der Waals surface area contributed by atoms with Crippen LogP contribution < -0.4 is 4.90 Å². The van der Waals surface area contributed by atoms with Crippen LogP contribution in [0.15, 0.2) is 77.7 Å². The first-order valence-electron chi connectivity index (χ1n) is 20.6. The molecule has 6 aromatic carbocycles. The molecular weight excluding hydrogens is 815 g/mol. The van der Waals surface area contributed by atoms with Crippen molar-refractivity contribution < 1.29 is 51.3 Å². The summed E-state index contributed by atoms with van der Waals surface area (Å²) in [4.78, 5) is 61.3. The van der Waals surface area contributed by atoms with Gasteiger partial charge in [0.05, 0.1) is 68.1 Å². The topological polar surface area (TPSA) is 158 Å². The number of carbonyl (C=O) groups excluding carboxylic acids is 4. The average molecular weight is 864 g/mol. The predicted octanol–water partition coefficient (Wildman–Crippen LogP) is 5.96. The molecule has 0 aromatic heterocycles. The second-order valence-electron chi connectivity index (χ2n) is 15.8. The number of benzene rings is 6. The summed E-state index contributed by atoms with van der Waals surface area (Å²) in [5.74, 6) is -2.02. The molecule has 14 nitrogen and oxygen atoms in total. The van der Waals surface area contributed by atoms with E-state index >= 15 is 0 Å². The molecule has 8 rings (SSSR count). The lowest BCUT2D eigenvalue weighted by molar-refractivity contribution is -0.0312. The fraction of sp³-hybridized carbons (Fsp3) is 0.362. The summed E-state index contributed by atoms with van der Waals surface area (Å²) in [6.45, 7) is 7.33. The van der Waals surface area contributed by atoms with Gasteiger partial charge in [-0.15, -0.1) is 0 Å². The number of anilines is 1. The van der Waals surface area contributed by atoms with Crippen molar-refractivity contribution in [3.05, 3.63) is 95.1 Å². The maximum absolute atomic E-state index is 14.3. The largest absolute Gasteiger partial charge is 0.383 e. The second kappa shape index (κ2) is 17.8. The number of methoxy groups -OCH3 is 3. The molecule has 4 amide bonds. The van der Waals surface area contributed by atoms with Crippen LogP contribution in [0, 0.1) is 0 Å². The van der Waals surface area contributed by atoms with Crippen LogP contribution in [0.5, 0.6) is 0 Å². The zero-order chi connectivity index (χ0) is 43.9. The monoisotopic (exact) mass is 863 g/mol. The van der Waals surface area contributed by atoms with Crippen molar-refractivity contribution in [2.75, 3.05) is 91.3 Å². The molecule has 324 valence electrons. The Morgan fingerprint density at radius 3 is 1.48 bits per heavy atom.